The molecular weight excluding hydrogens is 923 g/mol. The highest BCUT2D eigenvalue weighted by Crippen LogP contribution is 2.34. The predicted molar refractivity (Wildman–Crippen MR) is 257 cm³/mol. The van der Waals surface area contributed by atoms with Gasteiger partial charge in [-0.05, 0) is 91.9 Å². The summed E-state index contributed by atoms with van der Waals surface area (Å²) in [5.41, 5.74) is 4.89. The van der Waals surface area contributed by atoms with E-state index in [1.54, 1.807) is 30.3 Å². The minimum absolute atomic E-state index is 0.0519. The van der Waals surface area contributed by atoms with E-state index < -0.39 is 11.7 Å². The van der Waals surface area contributed by atoms with Crippen molar-refractivity contribution in [3.05, 3.63) is 124 Å². The average molecular weight is 971 g/mol. The number of hydrogen-bond acceptors (Lipinski definition) is 14. The summed E-state index contributed by atoms with van der Waals surface area (Å²) in [4.78, 5) is 59.2. The highest BCUT2D eigenvalue weighted by atomic mass is 35.5. The van der Waals surface area contributed by atoms with Crippen LogP contribution < -0.4 is 36.0 Å². The van der Waals surface area contributed by atoms with Crippen molar-refractivity contribution in [1.29, 1.82) is 0 Å². The van der Waals surface area contributed by atoms with E-state index in [9.17, 15) is 22.8 Å². The lowest BCUT2D eigenvalue weighted by Gasteiger charge is -2.36. The number of rotatable bonds is 15. The molecule has 0 unspecified atom stereocenters. The normalized spacial score (nSPS) is 14.4. The molecule has 4 heterocycles. The Kier molecular flexibility index (Phi) is 15.0. The van der Waals surface area contributed by atoms with Crippen LogP contribution in [-0.4, -0.2) is 87.1 Å². The second kappa shape index (κ2) is 21.4. The number of ether oxygens (including phenoxy) is 1. The number of anilines is 9. The fraction of sp³-hybridized carbons (Fsp3) is 0.319. The number of nitrogens with one attached hydrogen (secondary N) is 4. The summed E-state index contributed by atoms with van der Waals surface area (Å²) in [6.07, 6.45) is -0.273. The smallest absolute Gasteiger partial charge is 0.373 e. The van der Waals surface area contributed by atoms with Crippen LogP contribution in [0.1, 0.15) is 47.9 Å². The number of alkyl halides is 3. The topological polar surface area (TPSA) is 179 Å². The lowest BCUT2D eigenvalue weighted by atomic mass is 10.1. The van der Waals surface area contributed by atoms with E-state index in [-0.39, 0.29) is 37.4 Å². The summed E-state index contributed by atoms with van der Waals surface area (Å²) in [6, 6.07) is 21.5. The molecule has 2 aliphatic heterocycles. The number of benzene rings is 4. The van der Waals surface area contributed by atoms with Crippen LogP contribution in [0.5, 0.6) is 0 Å². The third-order valence-corrected chi connectivity index (χ3v) is 12.5. The predicted octanol–water partition coefficient (Wildman–Crippen LogP) is 9.36. The molecule has 16 nitrogen and oxygen atoms in total. The highest BCUT2D eigenvalue weighted by molar-refractivity contribution is 6.43. The van der Waals surface area contributed by atoms with E-state index in [0.717, 1.165) is 28.9 Å². The quantitative estimate of drug-likeness (QED) is 0.0765. The fourth-order valence-electron chi connectivity index (χ4n) is 7.82. The summed E-state index contributed by atoms with van der Waals surface area (Å²) < 4.78 is 44.7. The maximum Gasteiger partial charge on any atom is 0.416 e. The maximum atomic E-state index is 13.1. The van der Waals surface area contributed by atoms with Gasteiger partial charge in [-0.25, -0.2) is 19.9 Å². The van der Waals surface area contributed by atoms with E-state index in [1.165, 1.54) is 24.8 Å². The standard InChI is InChI=1S/C47H48Cl2F3N13O3/c1-29-35(7-4-9-37(29)59-43-53-27-55-45(61-43)64-20-18-33(19-21-64)68-26-31-12-14-32(15-13-31)47(50,51)52)57-40(66)16-17-41(67)58-36-8-5-10-38(30(36)2)60-44-54-28-56-46(62-44)65-24-22-63(23-25-65)39-11-3-6-34(48)42(39)49/h3-15,27-28,33H,16-26H2,1-2H3,(H,57,66)(H,58,67)(H,53,55,59,61)(H,54,56,60,62). The molecule has 2 amide bonds. The van der Waals surface area contributed by atoms with E-state index >= 15 is 0 Å². The van der Waals surface area contributed by atoms with Gasteiger partial charge in [0.05, 0.1) is 34.0 Å². The number of carbonyl (C=O) groups excluding carboxylic acids is 2. The number of hydrogen-bond donors (Lipinski definition) is 4. The van der Waals surface area contributed by atoms with Gasteiger partial charge in [-0.2, -0.15) is 23.1 Å². The summed E-state index contributed by atoms with van der Waals surface area (Å²) in [5.74, 6) is 1.04. The fourth-order valence-corrected chi connectivity index (χ4v) is 8.23. The third kappa shape index (κ3) is 12.0. The zero-order valence-electron chi connectivity index (χ0n) is 37.2. The van der Waals surface area contributed by atoms with Crippen LogP contribution in [-0.2, 0) is 27.1 Å². The van der Waals surface area contributed by atoms with Gasteiger partial charge in [-0.3, -0.25) is 9.59 Å². The van der Waals surface area contributed by atoms with Crippen molar-refractivity contribution < 1.29 is 27.5 Å². The molecule has 21 heteroatoms. The lowest BCUT2D eigenvalue weighted by Crippen LogP contribution is -2.47. The molecule has 0 spiro atoms. The summed E-state index contributed by atoms with van der Waals surface area (Å²) in [7, 11) is 0. The molecule has 0 aliphatic carbocycles. The first-order valence-corrected chi connectivity index (χ1v) is 22.7. The largest absolute Gasteiger partial charge is 0.416 e. The molecule has 0 bridgehead atoms. The number of carbonyl (C=O) groups is 2. The molecule has 354 valence electrons. The number of piperazine rings is 1. The van der Waals surface area contributed by atoms with E-state index in [1.807, 2.05) is 43.0 Å². The molecule has 0 atom stereocenters. The van der Waals surface area contributed by atoms with Crippen molar-refractivity contribution in [3.63, 3.8) is 0 Å². The van der Waals surface area contributed by atoms with Gasteiger partial charge in [0.1, 0.15) is 12.7 Å². The maximum absolute atomic E-state index is 13.1. The molecule has 6 aromatic rings. The van der Waals surface area contributed by atoms with Crippen LogP contribution in [0.15, 0.2) is 91.5 Å². The molecular formula is C47H48Cl2F3N13O3. The second-order valence-electron chi connectivity index (χ2n) is 16.3. The van der Waals surface area contributed by atoms with Gasteiger partial charge in [0.2, 0.25) is 35.6 Å². The van der Waals surface area contributed by atoms with Gasteiger partial charge in [0.25, 0.3) is 0 Å². The van der Waals surface area contributed by atoms with E-state index in [2.05, 4.69) is 61.0 Å². The first-order valence-electron chi connectivity index (χ1n) is 21.9. The minimum atomic E-state index is -4.38. The first kappa shape index (κ1) is 47.7. The molecule has 0 radical (unpaired) electrons. The van der Waals surface area contributed by atoms with E-state index in [0.29, 0.717) is 114 Å². The summed E-state index contributed by atoms with van der Waals surface area (Å²) in [6.45, 7) is 7.93. The van der Waals surface area contributed by atoms with Crippen LogP contribution in [0.3, 0.4) is 0 Å². The number of amides is 2. The molecule has 4 N–H and O–H groups in total. The monoisotopic (exact) mass is 969 g/mol. The Morgan fingerprint density at radius 1 is 0.647 bits per heavy atom. The lowest BCUT2D eigenvalue weighted by molar-refractivity contribution is -0.137. The van der Waals surface area contributed by atoms with Gasteiger partial charge < -0.3 is 40.7 Å². The first-order chi connectivity index (χ1) is 32.8. The van der Waals surface area contributed by atoms with E-state index in [4.69, 9.17) is 27.9 Å². The number of nitrogens with zero attached hydrogens (tertiary/aromatic N) is 9. The Morgan fingerprint density at radius 3 is 1.66 bits per heavy atom. The molecule has 0 saturated carbocycles. The van der Waals surface area contributed by atoms with Crippen LogP contribution in [0, 0.1) is 13.8 Å². The molecule has 2 aromatic heterocycles. The Morgan fingerprint density at radius 2 is 1.13 bits per heavy atom. The summed E-state index contributed by atoms with van der Waals surface area (Å²) >= 11 is 12.7. The molecule has 8 rings (SSSR count). The molecule has 2 aliphatic rings. The van der Waals surface area contributed by atoms with Crippen molar-refractivity contribution in [2.24, 2.45) is 0 Å². The van der Waals surface area contributed by atoms with Gasteiger partial charge in [0.15, 0.2) is 0 Å². The number of halogens is 5. The van der Waals surface area contributed by atoms with Crippen molar-refractivity contribution in [1.82, 2.24) is 29.9 Å². The van der Waals surface area contributed by atoms with Crippen LogP contribution in [0.25, 0.3) is 0 Å². The summed E-state index contributed by atoms with van der Waals surface area (Å²) in [5, 5.41) is 13.4. The average Bonchev–Trinajstić information content (AvgIpc) is 3.34. The van der Waals surface area contributed by atoms with Crippen molar-refractivity contribution in [3.8, 4) is 0 Å². The molecule has 4 aromatic carbocycles. The van der Waals surface area contributed by atoms with Gasteiger partial charge in [-0.15, -0.1) is 0 Å². The van der Waals surface area contributed by atoms with Gasteiger partial charge >= 0.3 is 6.18 Å². The number of piperidine rings is 1. The third-order valence-electron chi connectivity index (χ3n) is 11.7. The molecule has 2 saturated heterocycles. The Labute approximate surface area is 400 Å². The van der Waals surface area contributed by atoms with Crippen molar-refractivity contribution in [2.75, 3.05) is 75.2 Å². The molecule has 68 heavy (non-hydrogen) atoms. The second-order valence-corrected chi connectivity index (χ2v) is 17.0. The Balaban J connectivity index is 0.787. The van der Waals surface area contributed by atoms with Crippen LogP contribution in [0.2, 0.25) is 10.0 Å². The van der Waals surface area contributed by atoms with Crippen LogP contribution >= 0.6 is 23.2 Å². The van der Waals surface area contributed by atoms with Crippen LogP contribution in [0.4, 0.5) is 65.4 Å². The highest BCUT2D eigenvalue weighted by Gasteiger charge is 2.30. The number of aromatic nitrogens is 6. The Bertz CT molecular complexity index is 2740. The van der Waals surface area contributed by atoms with Gasteiger partial charge in [0, 0.05) is 74.9 Å². The van der Waals surface area contributed by atoms with Crippen molar-refractivity contribution in [2.45, 2.75) is 58.4 Å². The van der Waals surface area contributed by atoms with Gasteiger partial charge in [-0.1, -0.05) is 53.5 Å². The zero-order chi connectivity index (χ0) is 47.8. The zero-order valence-corrected chi connectivity index (χ0v) is 38.7. The van der Waals surface area contributed by atoms with Crippen molar-refractivity contribution >= 4 is 87.2 Å². The molecule has 2 fully saturated rings. The Hall–Kier alpha value is -6.83. The SMILES string of the molecule is Cc1c(NC(=O)CCC(=O)Nc2cccc(Nc3ncnc(N4CCN(c5cccc(Cl)c5Cl)CC4)n3)c2C)cccc1Nc1ncnc(N2CCC(OCc3ccc(C(F)(F)F)cc3)CC2)n1. The minimum Gasteiger partial charge on any atom is -0.373 e.